The fraction of sp³-hybridized carbons (Fsp3) is 0.710. The summed E-state index contributed by atoms with van der Waals surface area (Å²) in [4.78, 5) is 45.7. The van der Waals surface area contributed by atoms with Gasteiger partial charge in [0.05, 0.1) is 24.4 Å². The van der Waals surface area contributed by atoms with Crippen molar-refractivity contribution in [2.45, 2.75) is 80.5 Å². The topological polar surface area (TPSA) is 79.0 Å². The van der Waals surface area contributed by atoms with E-state index in [0.29, 0.717) is 17.8 Å². The van der Waals surface area contributed by atoms with Crippen LogP contribution in [0.1, 0.15) is 51.4 Å². The average molecular weight is 625 g/mol. The second-order valence-corrected chi connectivity index (χ2v) is 14.9. The van der Waals surface area contributed by atoms with Gasteiger partial charge in [-0.15, -0.1) is 0 Å². The molecule has 5 aliphatic carbocycles. The van der Waals surface area contributed by atoms with Crippen molar-refractivity contribution in [2.24, 2.45) is 35.5 Å². The van der Waals surface area contributed by atoms with Gasteiger partial charge in [-0.25, -0.2) is 8.78 Å². The monoisotopic (exact) mass is 623 g/mol. The van der Waals surface area contributed by atoms with Crippen LogP contribution < -0.4 is 5.32 Å². The van der Waals surface area contributed by atoms with E-state index >= 15 is 8.78 Å². The van der Waals surface area contributed by atoms with Crippen molar-refractivity contribution in [2.75, 3.05) is 20.2 Å². The van der Waals surface area contributed by atoms with Gasteiger partial charge in [0.1, 0.15) is 12.1 Å². The van der Waals surface area contributed by atoms with Crippen molar-refractivity contribution in [3.63, 3.8) is 0 Å². The number of allylic oxidation sites excluding steroid dienone is 2. The highest BCUT2D eigenvalue weighted by molar-refractivity contribution is 6.35. The zero-order valence-corrected chi connectivity index (χ0v) is 25.2. The highest BCUT2D eigenvalue weighted by Crippen LogP contribution is 2.60. The SMILES string of the molecule is C=CCOC(=O)C1C[C@@H](C(=O)N(C)C23CC4CC(CC(C4)C2)C3)C2CC(F)(F)CN2C12C(=O)NC1C(Cl)=CC(Cl)=CC12. The van der Waals surface area contributed by atoms with E-state index in [-0.39, 0.29) is 34.5 Å². The number of fused-ring (bicyclic) bond motifs is 4. The molecule has 4 saturated carbocycles. The van der Waals surface area contributed by atoms with Crippen molar-refractivity contribution in [3.05, 3.63) is 34.9 Å². The maximum absolute atomic E-state index is 15.5. The van der Waals surface area contributed by atoms with Crippen LogP contribution in [0.2, 0.25) is 0 Å². The van der Waals surface area contributed by atoms with Gasteiger partial charge < -0.3 is 15.0 Å². The van der Waals surface area contributed by atoms with Crippen molar-refractivity contribution < 1.29 is 27.9 Å². The van der Waals surface area contributed by atoms with Gasteiger partial charge in [0.15, 0.2) is 0 Å². The minimum atomic E-state index is -3.16. The van der Waals surface area contributed by atoms with Gasteiger partial charge in [0, 0.05) is 41.0 Å². The van der Waals surface area contributed by atoms with Crippen LogP contribution in [-0.4, -0.2) is 76.9 Å². The lowest BCUT2D eigenvalue weighted by Crippen LogP contribution is -2.71. The van der Waals surface area contributed by atoms with Crippen LogP contribution in [-0.2, 0) is 19.1 Å². The largest absolute Gasteiger partial charge is 0.461 e. The Kier molecular flexibility index (Phi) is 6.69. The highest BCUT2D eigenvalue weighted by atomic mass is 35.5. The van der Waals surface area contributed by atoms with E-state index in [0.717, 1.165) is 19.3 Å². The first-order valence-electron chi connectivity index (χ1n) is 15.1. The standard InChI is InChI=1S/C31H37Cl2F2N3O4/c1-3-4-42-27(40)22-10-20(26(39)37(2)29-11-16-5-17(12-29)7-18(6-16)13-29)24-14-30(34,35)15-38(24)31(22)21-8-19(32)9-23(33)25(21)36-28(31)41/h3,8-9,16-18,20-22,24-25H,1,4-7,10-15H2,2H3,(H,36,41)/t16?,17?,18?,20-,21?,22?,24?,25?,29?,31?/m1/s1. The molecule has 1 spiro atoms. The molecule has 0 aromatic carbocycles. The van der Waals surface area contributed by atoms with Crippen LogP contribution >= 0.6 is 23.2 Å². The van der Waals surface area contributed by atoms with Crippen molar-refractivity contribution in [1.29, 1.82) is 0 Å². The van der Waals surface area contributed by atoms with E-state index in [1.54, 1.807) is 6.08 Å². The van der Waals surface area contributed by atoms with E-state index in [9.17, 15) is 14.4 Å². The third-order valence-electron chi connectivity index (χ3n) is 11.7. The number of halogens is 4. The molecule has 1 N–H and O–H groups in total. The third kappa shape index (κ3) is 4.08. The normalized spacial score (nSPS) is 44.6. The number of amides is 2. The number of nitrogens with one attached hydrogen (secondary N) is 1. The molecule has 7 fully saturated rings. The lowest BCUT2D eigenvalue weighted by atomic mass is 9.52. The molecule has 2 amide bonds. The van der Waals surface area contributed by atoms with E-state index < -0.39 is 66.1 Å². The molecule has 0 radical (unpaired) electrons. The van der Waals surface area contributed by atoms with Crippen molar-refractivity contribution in [3.8, 4) is 0 Å². The Labute approximate surface area is 254 Å². The van der Waals surface area contributed by atoms with Gasteiger partial charge in [0.2, 0.25) is 11.8 Å². The number of hydrogen-bond acceptors (Lipinski definition) is 5. The summed E-state index contributed by atoms with van der Waals surface area (Å²) >= 11 is 12.9. The first-order valence-corrected chi connectivity index (χ1v) is 15.9. The van der Waals surface area contributed by atoms with E-state index in [1.807, 2.05) is 11.9 Å². The van der Waals surface area contributed by atoms with Gasteiger partial charge in [-0.1, -0.05) is 41.9 Å². The average Bonchev–Trinajstić information content (AvgIpc) is 3.40. The Morgan fingerprint density at radius 2 is 1.79 bits per heavy atom. The van der Waals surface area contributed by atoms with Crippen LogP contribution in [0.4, 0.5) is 8.78 Å². The molecule has 0 aromatic heterocycles. The molecule has 8 rings (SSSR count). The number of esters is 1. The molecule has 3 aliphatic heterocycles. The van der Waals surface area contributed by atoms with Crippen LogP contribution in [0.25, 0.3) is 0 Å². The molecule has 3 heterocycles. The summed E-state index contributed by atoms with van der Waals surface area (Å²) in [7, 11) is 1.83. The summed E-state index contributed by atoms with van der Waals surface area (Å²) in [6, 6.07) is -1.66. The van der Waals surface area contributed by atoms with E-state index in [1.165, 1.54) is 36.3 Å². The molecule has 7 nitrogen and oxygen atoms in total. The Hall–Kier alpha value is -1.97. The minimum absolute atomic E-state index is 0.0772. The summed E-state index contributed by atoms with van der Waals surface area (Å²) in [6.45, 7) is 2.76. The Balaban J connectivity index is 1.30. The zero-order chi connectivity index (χ0) is 29.8. The number of carbonyl (C=O) groups excluding carboxylic acids is 3. The number of ether oxygens (including phenoxy) is 1. The second-order valence-electron chi connectivity index (χ2n) is 14.0. The van der Waals surface area contributed by atoms with Gasteiger partial charge in [-0.3, -0.25) is 19.3 Å². The fourth-order valence-electron chi connectivity index (χ4n) is 10.5. The number of rotatable bonds is 5. The fourth-order valence-corrected chi connectivity index (χ4v) is 11.1. The Morgan fingerprint density at radius 1 is 1.14 bits per heavy atom. The number of alkyl halides is 2. The van der Waals surface area contributed by atoms with Crippen molar-refractivity contribution >= 4 is 41.0 Å². The van der Waals surface area contributed by atoms with Gasteiger partial charge in [-0.2, -0.15) is 0 Å². The van der Waals surface area contributed by atoms with Crippen LogP contribution in [0.5, 0.6) is 0 Å². The number of nitrogens with zero attached hydrogens (tertiary/aromatic N) is 2. The number of hydrogen-bond donors (Lipinski definition) is 1. The summed E-state index contributed by atoms with van der Waals surface area (Å²) < 4.78 is 36.4. The molecular formula is C31H37Cl2F2N3O4. The number of piperidine rings is 1. The predicted octanol–water partition coefficient (Wildman–Crippen LogP) is 4.60. The van der Waals surface area contributed by atoms with E-state index in [4.69, 9.17) is 27.9 Å². The van der Waals surface area contributed by atoms with Crippen LogP contribution in [0.3, 0.4) is 0 Å². The Morgan fingerprint density at radius 3 is 2.40 bits per heavy atom. The van der Waals surface area contributed by atoms with Gasteiger partial charge in [0.25, 0.3) is 5.92 Å². The molecule has 3 saturated heterocycles. The Bertz CT molecular complexity index is 1270. The molecule has 4 bridgehead atoms. The summed E-state index contributed by atoms with van der Waals surface area (Å²) in [5, 5.41) is 3.40. The molecule has 228 valence electrons. The van der Waals surface area contributed by atoms with Gasteiger partial charge in [-0.05, 0) is 68.8 Å². The van der Waals surface area contributed by atoms with E-state index in [2.05, 4.69) is 11.9 Å². The smallest absolute Gasteiger partial charge is 0.311 e. The zero-order valence-electron chi connectivity index (χ0n) is 23.7. The first-order chi connectivity index (χ1) is 19.9. The number of carbonyl (C=O) groups is 3. The molecule has 42 heavy (non-hydrogen) atoms. The second kappa shape index (κ2) is 9.77. The lowest BCUT2D eigenvalue weighted by Gasteiger charge is -2.61. The first kappa shape index (κ1) is 28.8. The molecule has 5 unspecified atom stereocenters. The quantitative estimate of drug-likeness (QED) is 0.358. The molecule has 0 aromatic rings. The summed E-state index contributed by atoms with van der Waals surface area (Å²) in [5.41, 5.74) is -2.02. The summed E-state index contributed by atoms with van der Waals surface area (Å²) in [5.74, 6) is -5.78. The minimum Gasteiger partial charge on any atom is -0.461 e. The maximum atomic E-state index is 15.5. The molecule has 11 heteroatoms. The van der Waals surface area contributed by atoms with Crippen LogP contribution in [0.15, 0.2) is 34.9 Å². The highest BCUT2D eigenvalue weighted by Gasteiger charge is 2.73. The molecule has 8 aliphatic rings. The van der Waals surface area contributed by atoms with Crippen LogP contribution in [0, 0.1) is 35.5 Å². The lowest BCUT2D eigenvalue weighted by molar-refractivity contribution is -0.175. The van der Waals surface area contributed by atoms with Gasteiger partial charge >= 0.3 is 5.97 Å². The molecular weight excluding hydrogens is 587 g/mol. The predicted molar refractivity (Wildman–Crippen MR) is 153 cm³/mol. The van der Waals surface area contributed by atoms with Crippen molar-refractivity contribution in [1.82, 2.24) is 15.1 Å². The molecule has 6 atom stereocenters. The maximum Gasteiger partial charge on any atom is 0.311 e. The summed E-state index contributed by atoms with van der Waals surface area (Å²) in [6.07, 6.45) is 10.3. The third-order valence-corrected chi connectivity index (χ3v) is 12.3.